The van der Waals surface area contributed by atoms with E-state index in [4.69, 9.17) is 0 Å². The van der Waals surface area contributed by atoms with Gasteiger partial charge in [-0.25, -0.2) is 0 Å². The van der Waals surface area contributed by atoms with Gasteiger partial charge in [0.05, 0.1) is 5.60 Å². The second-order valence-electron chi connectivity index (χ2n) is 4.57. The lowest BCUT2D eigenvalue weighted by molar-refractivity contribution is 0.0320. The molecule has 1 aliphatic rings. The molecule has 0 aliphatic carbocycles. The van der Waals surface area contributed by atoms with Gasteiger partial charge in [-0.05, 0) is 42.0 Å². The fourth-order valence-corrected chi connectivity index (χ4v) is 3.49. The molecule has 2 rings (SSSR count). The molecule has 0 bridgehead atoms. The first-order valence-electron chi connectivity index (χ1n) is 5.93. The van der Waals surface area contributed by atoms with Crippen LogP contribution in [0.4, 0.5) is 0 Å². The van der Waals surface area contributed by atoms with Crippen molar-refractivity contribution >= 4 is 27.7 Å². The predicted octanol–water partition coefficient (Wildman–Crippen LogP) is 2.80. The van der Waals surface area contributed by atoms with Crippen molar-refractivity contribution in [3.8, 4) is 0 Å². The Labute approximate surface area is 115 Å². The third kappa shape index (κ3) is 4.28. The molecule has 0 radical (unpaired) electrons. The van der Waals surface area contributed by atoms with E-state index in [9.17, 15) is 5.11 Å². The molecule has 2 nitrogen and oxygen atoms in total. The van der Waals surface area contributed by atoms with Crippen LogP contribution in [0.25, 0.3) is 0 Å². The van der Waals surface area contributed by atoms with Crippen LogP contribution in [0.15, 0.2) is 28.7 Å². The molecule has 1 saturated heterocycles. The summed E-state index contributed by atoms with van der Waals surface area (Å²) < 4.78 is 1.10. The quantitative estimate of drug-likeness (QED) is 0.896. The summed E-state index contributed by atoms with van der Waals surface area (Å²) in [7, 11) is 0. The minimum absolute atomic E-state index is 0.486. The highest BCUT2D eigenvalue weighted by Crippen LogP contribution is 2.26. The van der Waals surface area contributed by atoms with E-state index >= 15 is 0 Å². The van der Waals surface area contributed by atoms with Crippen molar-refractivity contribution in [3.63, 3.8) is 0 Å². The van der Waals surface area contributed by atoms with Gasteiger partial charge in [0.2, 0.25) is 0 Å². The van der Waals surface area contributed by atoms with Gasteiger partial charge in [-0.15, -0.1) is 0 Å². The molecule has 1 aromatic carbocycles. The van der Waals surface area contributed by atoms with E-state index in [0.29, 0.717) is 6.54 Å². The van der Waals surface area contributed by atoms with Gasteiger partial charge in [-0.2, -0.15) is 11.8 Å². The van der Waals surface area contributed by atoms with Crippen LogP contribution in [-0.2, 0) is 6.54 Å². The minimum atomic E-state index is -0.486. The van der Waals surface area contributed by atoms with Crippen molar-refractivity contribution < 1.29 is 5.11 Å². The SMILES string of the molecule is OC1(CNCc2ccc(Br)cc2)CCSCC1. The fourth-order valence-electron chi connectivity index (χ4n) is 1.97. The van der Waals surface area contributed by atoms with E-state index in [1.54, 1.807) is 0 Å². The topological polar surface area (TPSA) is 32.3 Å². The van der Waals surface area contributed by atoms with Crippen LogP contribution in [-0.4, -0.2) is 28.8 Å². The van der Waals surface area contributed by atoms with E-state index in [0.717, 1.165) is 35.4 Å². The highest BCUT2D eigenvalue weighted by atomic mass is 79.9. The van der Waals surface area contributed by atoms with Gasteiger partial charge in [0.15, 0.2) is 0 Å². The van der Waals surface area contributed by atoms with Crippen LogP contribution in [0.3, 0.4) is 0 Å². The Kier molecular flexibility index (Phi) is 4.91. The lowest BCUT2D eigenvalue weighted by atomic mass is 9.97. The molecular formula is C13H18BrNOS. The molecule has 1 aliphatic heterocycles. The summed E-state index contributed by atoms with van der Waals surface area (Å²) in [5.41, 5.74) is 0.766. The van der Waals surface area contributed by atoms with Crippen LogP contribution in [0.5, 0.6) is 0 Å². The number of hydrogen-bond acceptors (Lipinski definition) is 3. The van der Waals surface area contributed by atoms with Gasteiger partial charge in [0, 0.05) is 17.6 Å². The molecule has 1 aromatic rings. The smallest absolute Gasteiger partial charge is 0.0787 e. The minimum Gasteiger partial charge on any atom is -0.389 e. The van der Waals surface area contributed by atoms with E-state index in [1.165, 1.54) is 5.56 Å². The molecule has 0 amide bonds. The molecule has 94 valence electrons. The Hall–Kier alpha value is -0.0300. The summed E-state index contributed by atoms with van der Waals surface area (Å²) in [4.78, 5) is 0. The molecule has 2 N–H and O–H groups in total. The summed E-state index contributed by atoms with van der Waals surface area (Å²) in [6, 6.07) is 8.28. The number of benzene rings is 1. The van der Waals surface area contributed by atoms with Crippen LogP contribution >= 0.6 is 27.7 Å². The van der Waals surface area contributed by atoms with Crippen LogP contribution in [0.1, 0.15) is 18.4 Å². The number of halogens is 1. The molecule has 0 saturated carbocycles. The summed E-state index contributed by atoms with van der Waals surface area (Å²) in [5, 5.41) is 13.7. The third-order valence-electron chi connectivity index (χ3n) is 3.12. The first-order chi connectivity index (χ1) is 8.18. The second kappa shape index (κ2) is 6.23. The van der Waals surface area contributed by atoms with E-state index < -0.39 is 5.60 Å². The van der Waals surface area contributed by atoms with Crippen molar-refractivity contribution in [3.05, 3.63) is 34.3 Å². The predicted molar refractivity (Wildman–Crippen MR) is 77.4 cm³/mol. The number of hydrogen-bond donors (Lipinski definition) is 2. The molecule has 0 aromatic heterocycles. The number of thioether (sulfide) groups is 1. The first-order valence-corrected chi connectivity index (χ1v) is 7.88. The molecule has 0 spiro atoms. The molecule has 1 fully saturated rings. The Balaban J connectivity index is 1.77. The number of aliphatic hydroxyl groups is 1. The summed E-state index contributed by atoms with van der Waals surface area (Å²) in [6.07, 6.45) is 1.82. The maximum absolute atomic E-state index is 10.3. The van der Waals surface area contributed by atoms with Gasteiger partial charge in [-0.1, -0.05) is 28.1 Å². The van der Waals surface area contributed by atoms with E-state index in [-0.39, 0.29) is 0 Å². The highest BCUT2D eigenvalue weighted by molar-refractivity contribution is 9.10. The second-order valence-corrected chi connectivity index (χ2v) is 6.71. The molecular weight excluding hydrogens is 298 g/mol. The Morgan fingerprint density at radius 2 is 1.88 bits per heavy atom. The summed E-state index contributed by atoms with van der Waals surface area (Å²) in [6.45, 7) is 1.52. The molecule has 1 heterocycles. The van der Waals surface area contributed by atoms with Gasteiger partial charge in [0.25, 0.3) is 0 Å². The van der Waals surface area contributed by atoms with Gasteiger partial charge in [-0.3, -0.25) is 0 Å². The zero-order chi connectivity index (χ0) is 12.1. The largest absolute Gasteiger partial charge is 0.389 e. The average molecular weight is 316 g/mol. The lowest BCUT2D eigenvalue weighted by Gasteiger charge is -2.32. The molecule has 0 atom stereocenters. The van der Waals surface area contributed by atoms with Crippen molar-refractivity contribution in [2.24, 2.45) is 0 Å². The first kappa shape index (κ1) is 13.4. The number of rotatable bonds is 4. The molecule has 0 unspecified atom stereocenters. The average Bonchev–Trinajstić information content (AvgIpc) is 2.32. The van der Waals surface area contributed by atoms with Crippen LogP contribution < -0.4 is 5.32 Å². The maximum Gasteiger partial charge on any atom is 0.0787 e. The van der Waals surface area contributed by atoms with Gasteiger partial charge < -0.3 is 10.4 Å². The van der Waals surface area contributed by atoms with E-state index in [1.807, 2.05) is 23.9 Å². The standard InChI is InChI=1S/C13H18BrNOS/c14-12-3-1-11(2-4-12)9-15-10-13(16)5-7-17-8-6-13/h1-4,15-16H,5-10H2. The van der Waals surface area contributed by atoms with Gasteiger partial charge >= 0.3 is 0 Å². The van der Waals surface area contributed by atoms with E-state index in [2.05, 4.69) is 33.4 Å². The Morgan fingerprint density at radius 1 is 1.24 bits per heavy atom. The van der Waals surface area contributed by atoms with Crippen molar-refractivity contribution in [2.75, 3.05) is 18.1 Å². The lowest BCUT2D eigenvalue weighted by Crippen LogP contribution is -2.43. The summed E-state index contributed by atoms with van der Waals surface area (Å²) in [5.74, 6) is 2.16. The Bertz CT molecular complexity index is 349. The van der Waals surface area contributed by atoms with Crippen molar-refractivity contribution in [1.29, 1.82) is 0 Å². The summed E-state index contributed by atoms with van der Waals surface area (Å²) >= 11 is 5.36. The maximum atomic E-state index is 10.3. The third-order valence-corrected chi connectivity index (χ3v) is 4.63. The highest BCUT2D eigenvalue weighted by Gasteiger charge is 2.28. The fraction of sp³-hybridized carbons (Fsp3) is 0.538. The van der Waals surface area contributed by atoms with Crippen LogP contribution in [0, 0.1) is 0 Å². The zero-order valence-corrected chi connectivity index (χ0v) is 12.2. The molecule has 17 heavy (non-hydrogen) atoms. The number of nitrogens with one attached hydrogen (secondary N) is 1. The van der Waals surface area contributed by atoms with Crippen molar-refractivity contribution in [1.82, 2.24) is 5.32 Å². The molecule has 4 heteroatoms. The normalized spacial score (nSPS) is 19.2. The van der Waals surface area contributed by atoms with Crippen LogP contribution in [0.2, 0.25) is 0 Å². The van der Waals surface area contributed by atoms with Crippen molar-refractivity contribution in [2.45, 2.75) is 25.0 Å². The van der Waals surface area contributed by atoms with Gasteiger partial charge in [0.1, 0.15) is 0 Å². The zero-order valence-electron chi connectivity index (χ0n) is 9.79. The Morgan fingerprint density at radius 3 is 2.53 bits per heavy atom. The monoisotopic (exact) mass is 315 g/mol.